The number of benzene rings is 1. The first kappa shape index (κ1) is 15.6. The predicted molar refractivity (Wildman–Crippen MR) is 82.1 cm³/mol. The largest absolute Gasteiger partial charge is 0.381 e. The monoisotopic (exact) mass is 266 g/mol. The summed E-state index contributed by atoms with van der Waals surface area (Å²) >= 11 is 1.92. The second kappa shape index (κ2) is 6.63. The fourth-order valence-electron chi connectivity index (χ4n) is 2.68. The van der Waals surface area contributed by atoms with Crippen molar-refractivity contribution in [2.45, 2.75) is 39.0 Å². The van der Waals surface area contributed by atoms with Crippen molar-refractivity contribution in [3.05, 3.63) is 35.9 Å². The smallest absolute Gasteiger partial charge is 0.0590 e. The molecule has 1 nitrogen and oxygen atoms in total. The average molecular weight is 266 g/mol. The highest BCUT2D eigenvalue weighted by molar-refractivity contribution is 7.98. The highest BCUT2D eigenvalue weighted by atomic mass is 32.2. The Kier molecular flexibility index (Phi) is 5.74. The van der Waals surface area contributed by atoms with Crippen molar-refractivity contribution in [2.75, 3.05) is 13.4 Å². The predicted octanol–water partition coefficient (Wildman–Crippen LogP) is 4.79. The maximum absolute atomic E-state index is 5.63. The molecule has 0 spiro atoms. The number of hydrogen-bond donors (Lipinski definition) is 0. The van der Waals surface area contributed by atoms with Crippen molar-refractivity contribution in [2.24, 2.45) is 11.3 Å². The van der Waals surface area contributed by atoms with Gasteiger partial charge in [0, 0.05) is 18.3 Å². The molecule has 0 heterocycles. The van der Waals surface area contributed by atoms with Gasteiger partial charge in [-0.25, -0.2) is 0 Å². The zero-order valence-electron chi connectivity index (χ0n) is 12.4. The van der Waals surface area contributed by atoms with Gasteiger partial charge in [0.1, 0.15) is 0 Å². The molecule has 0 radical (unpaired) electrons. The molecule has 0 aromatic heterocycles. The Labute approximate surface area is 116 Å². The lowest BCUT2D eigenvalue weighted by Crippen LogP contribution is -2.35. The maximum atomic E-state index is 5.63. The highest BCUT2D eigenvalue weighted by Gasteiger charge is 2.36. The third-order valence-corrected chi connectivity index (χ3v) is 4.66. The molecule has 0 amide bonds. The first-order valence-electron chi connectivity index (χ1n) is 6.52. The van der Waals surface area contributed by atoms with Crippen molar-refractivity contribution in [1.82, 2.24) is 0 Å². The molecule has 1 aromatic carbocycles. The first-order chi connectivity index (χ1) is 8.41. The quantitative estimate of drug-likeness (QED) is 0.758. The van der Waals surface area contributed by atoms with Gasteiger partial charge in [-0.05, 0) is 24.2 Å². The molecule has 2 heteroatoms. The van der Waals surface area contributed by atoms with Crippen LogP contribution in [0, 0.1) is 11.3 Å². The molecule has 18 heavy (non-hydrogen) atoms. The summed E-state index contributed by atoms with van der Waals surface area (Å²) in [4.78, 5) is 0. The molecule has 0 N–H and O–H groups in total. The molecule has 0 fully saturated rings. The van der Waals surface area contributed by atoms with Crippen LogP contribution in [0.4, 0.5) is 0 Å². The van der Waals surface area contributed by atoms with Crippen molar-refractivity contribution in [1.29, 1.82) is 0 Å². The molecule has 0 bridgehead atoms. The van der Waals surface area contributed by atoms with Crippen LogP contribution >= 0.6 is 11.8 Å². The standard InChI is InChI=1S/C16H26OS/c1-12(17-5)14(16(2,3)4)15(18-6)13-10-8-7-9-11-13/h7-12,14-15H,1-6H3/t12-,14+,15-/m0/s1. The Bertz CT molecular complexity index is 342. The minimum absolute atomic E-state index is 0.221. The lowest BCUT2D eigenvalue weighted by Gasteiger charge is -2.40. The second-order valence-corrected chi connectivity index (χ2v) is 6.88. The summed E-state index contributed by atoms with van der Waals surface area (Å²) in [5.74, 6) is 0.486. The van der Waals surface area contributed by atoms with E-state index in [0.29, 0.717) is 11.2 Å². The van der Waals surface area contributed by atoms with Crippen LogP contribution in [0.15, 0.2) is 30.3 Å². The van der Waals surface area contributed by atoms with Crippen molar-refractivity contribution in [3.63, 3.8) is 0 Å². The van der Waals surface area contributed by atoms with Crippen molar-refractivity contribution >= 4 is 11.8 Å². The van der Waals surface area contributed by atoms with E-state index in [2.05, 4.69) is 64.3 Å². The van der Waals surface area contributed by atoms with E-state index in [1.54, 1.807) is 0 Å². The number of thioether (sulfide) groups is 1. The van der Waals surface area contributed by atoms with E-state index in [9.17, 15) is 0 Å². The number of methoxy groups -OCH3 is 1. The zero-order chi connectivity index (χ0) is 13.8. The summed E-state index contributed by atoms with van der Waals surface area (Å²) in [7, 11) is 1.81. The Morgan fingerprint density at radius 1 is 1.11 bits per heavy atom. The average Bonchev–Trinajstić information content (AvgIpc) is 2.34. The van der Waals surface area contributed by atoms with E-state index >= 15 is 0 Å². The van der Waals surface area contributed by atoms with Gasteiger partial charge in [-0.1, -0.05) is 51.1 Å². The van der Waals surface area contributed by atoms with Crippen LogP contribution in [-0.4, -0.2) is 19.5 Å². The summed E-state index contributed by atoms with van der Waals surface area (Å²) in [5, 5.41) is 0.473. The molecule has 1 aromatic rings. The van der Waals surface area contributed by atoms with Crippen molar-refractivity contribution in [3.8, 4) is 0 Å². The molecule has 0 aliphatic carbocycles. The minimum atomic E-state index is 0.221. The van der Waals surface area contributed by atoms with Gasteiger partial charge in [0.05, 0.1) is 6.10 Å². The molecule has 0 unspecified atom stereocenters. The molecule has 3 atom stereocenters. The van der Waals surface area contributed by atoms with Crippen LogP contribution in [0.3, 0.4) is 0 Å². The zero-order valence-corrected chi connectivity index (χ0v) is 13.3. The molecular weight excluding hydrogens is 240 g/mol. The lowest BCUT2D eigenvalue weighted by atomic mass is 9.74. The molecule has 0 saturated carbocycles. The molecule has 1 rings (SSSR count). The summed E-state index contributed by atoms with van der Waals surface area (Å²) in [6, 6.07) is 10.8. The van der Waals surface area contributed by atoms with E-state index in [0.717, 1.165) is 0 Å². The summed E-state index contributed by atoms with van der Waals surface area (Å²) < 4.78 is 5.63. The van der Waals surface area contributed by atoms with Gasteiger partial charge in [0.25, 0.3) is 0 Å². The van der Waals surface area contributed by atoms with Crippen LogP contribution in [0.2, 0.25) is 0 Å². The van der Waals surface area contributed by atoms with Crippen LogP contribution in [0.25, 0.3) is 0 Å². The van der Waals surface area contributed by atoms with E-state index in [-0.39, 0.29) is 11.5 Å². The highest BCUT2D eigenvalue weighted by Crippen LogP contribution is 2.46. The fraction of sp³-hybridized carbons (Fsp3) is 0.625. The van der Waals surface area contributed by atoms with Gasteiger partial charge in [0.15, 0.2) is 0 Å². The van der Waals surface area contributed by atoms with Gasteiger partial charge in [0.2, 0.25) is 0 Å². The fourth-order valence-corrected chi connectivity index (χ4v) is 4.04. The van der Waals surface area contributed by atoms with Gasteiger partial charge in [-0.15, -0.1) is 0 Å². The number of hydrogen-bond acceptors (Lipinski definition) is 2. The molecule has 0 aliphatic heterocycles. The first-order valence-corrected chi connectivity index (χ1v) is 7.81. The van der Waals surface area contributed by atoms with Gasteiger partial charge in [-0.3, -0.25) is 0 Å². The maximum Gasteiger partial charge on any atom is 0.0590 e. The molecule has 0 aliphatic rings. The topological polar surface area (TPSA) is 9.23 Å². The molecule has 102 valence electrons. The number of rotatable bonds is 5. The molecule has 0 saturated heterocycles. The molecular formula is C16H26OS. The Hall–Kier alpha value is -0.470. The van der Waals surface area contributed by atoms with Gasteiger partial charge < -0.3 is 4.74 Å². The third-order valence-electron chi connectivity index (χ3n) is 3.59. The van der Waals surface area contributed by atoms with E-state index < -0.39 is 0 Å². The normalized spacial score (nSPS) is 17.2. The third kappa shape index (κ3) is 3.76. The van der Waals surface area contributed by atoms with Crippen LogP contribution in [-0.2, 0) is 4.74 Å². The Morgan fingerprint density at radius 2 is 1.67 bits per heavy atom. The Balaban J connectivity index is 3.09. The van der Waals surface area contributed by atoms with E-state index in [1.165, 1.54) is 5.56 Å². The van der Waals surface area contributed by atoms with Crippen LogP contribution in [0.5, 0.6) is 0 Å². The van der Waals surface area contributed by atoms with Crippen LogP contribution in [0.1, 0.15) is 38.5 Å². The lowest BCUT2D eigenvalue weighted by molar-refractivity contribution is 0.0162. The van der Waals surface area contributed by atoms with Crippen molar-refractivity contribution < 1.29 is 4.74 Å². The van der Waals surface area contributed by atoms with E-state index in [1.807, 2.05) is 18.9 Å². The minimum Gasteiger partial charge on any atom is -0.381 e. The second-order valence-electron chi connectivity index (χ2n) is 5.90. The van der Waals surface area contributed by atoms with Gasteiger partial charge >= 0.3 is 0 Å². The Morgan fingerprint density at radius 3 is 2.06 bits per heavy atom. The van der Waals surface area contributed by atoms with Gasteiger partial charge in [-0.2, -0.15) is 11.8 Å². The summed E-state index contributed by atoms with van der Waals surface area (Å²) in [6.07, 6.45) is 2.45. The number of ether oxygens (including phenoxy) is 1. The van der Waals surface area contributed by atoms with E-state index in [4.69, 9.17) is 4.74 Å². The summed E-state index contributed by atoms with van der Waals surface area (Å²) in [6.45, 7) is 9.10. The summed E-state index contributed by atoms with van der Waals surface area (Å²) in [5.41, 5.74) is 1.62. The SMILES string of the molecule is CO[C@@H](C)[C@H]([C@@H](SC)c1ccccc1)C(C)(C)C. The van der Waals surface area contributed by atoms with Crippen LogP contribution < -0.4 is 0 Å².